The van der Waals surface area contributed by atoms with Crippen molar-refractivity contribution in [1.29, 1.82) is 0 Å². The van der Waals surface area contributed by atoms with Crippen LogP contribution in [0.15, 0.2) is 18.2 Å². The number of hydrogen-bond acceptors (Lipinski definition) is 4. The Morgan fingerprint density at radius 3 is 2.65 bits per heavy atom. The van der Waals surface area contributed by atoms with Crippen LogP contribution in [0.3, 0.4) is 0 Å². The minimum Gasteiger partial charge on any atom is -0.497 e. The number of H-pyrrole nitrogens is 1. The van der Waals surface area contributed by atoms with Crippen LogP contribution >= 0.6 is 12.4 Å². The van der Waals surface area contributed by atoms with Gasteiger partial charge in [-0.25, -0.2) is 0 Å². The third kappa shape index (κ3) is 4.83. The second-order valence-electron chi connectivity index (χ2n) is 6.50. The maximum Gasteiger partial charge on any atom is 0.223 e. The number of piperidine rings is 1. The summed E-state index contributed by atoms with van der Waals surface area (Å²) in [6, 6.07) is 5.97. The van der Waals surface area contributed by atoms with Crippen molar-refractivity contribution in [3.05, 3.63) is 23.9 Å². The molecule has 0 atom stereocenters. The second kappa shape index (κ2) is 9.69. The van der Waals surface area contributed by atoms with E-state index >= 15 is 0 Å². The lowest BCUT2D eigenvalue weighted by atomic mass is 9.97. The number of aromatic amines is 1. The van der Waals surface area contributed by atoms with Gasteiger partial charge in [0, 0.05) is 35.7 Å². The van der Waals surface area contributed by atoms with Gasteiger partial charge in [-0.3, -0.25) is 4.79 Å². The van der Waals surface area contributed by atoms with Crippen molar-refractivity contribution < 1.29 is 14.3 Å². The minimum atomic E-state index is 0. The number of methoxy groups -OCH3 is 2. The molecule has 1 saturated heterocycles. The van der Waals surface area contributed by atoms with Crippen molar-refractivity contribution in [3.63, 3.8) is 0 Å². The molecule has 3 N–H and O–H groups in total. The van der Waals surface area contributed by atoms with Crippen molar-refractivity contribution in [2.75, 3.05) is 33.9 Å². The lowest BCUT2D eigenvalue weighted by molar-refractivity contribution is -0.125. The highest BCUT2D eigenvalue weighted by Gasteiger charge is 2.20. The molecule has 1 aliphatic rings. The van der Waals surface area contributed by atoms with Gasteiger partial charge in [0.2, 0.25) is 5.91 Å². The first kappa shape index (κ1) is 20.4. The summed E-state index contributed by atoms with van der Waals surface area (Å²) in [6.45, 7) is 2.59. The second-order valence-corrected chi connectivity index (χ2v) is 6.50. The molecule has 1 fully saturated rings. The van der Waals surface area contributed by atoms with Gasteiger partial charge in [-0.2, -0.15) is 0 Å². The molecule has 2 aromatic rings. The molecule has 6 nitrogen and oxygen atoms in total. The fraction of sp³-hybridized carbons (Fsp3) is 0.526. The molecule has 26 heavy (non-hydrogen) atoms. The lowest BCUT2D eigenvalue weighted by Crippen LogP contribution is -2.38. The highest BCUT2D eigenvalue weighted by atomic mass is 35.5. The average molecular weight is 382 g/mol. The predicted molar refractivity (Wildman–Crippen MR) is 106 cm³/mol. The SMILES string of the molecule is COc1cc(OC)c2cc(CCCNC(=O)C3CCNCC3)[nH]c2c1.Cl. The number of rotatable bonds is 7. The van der Waals surface area contributed by atoms with Gasteiger partial charge in [-0.1, -0.05) is 0 Å². The quantitative estimate of drug-likeness (QED) is 0.644. The van der Waals surface area contributed by atoms with E-state index in [1.54, 1.807) is 14.2 Å². The molecule has 1 aromatic carbocycles. The number of fused-ring (bicyclic) bond motifs is 1. The number of aromatic nitrogens is 1. The van der Waals surface area contributed by atoms with Gasteiger partial charge in [0.1, 0.15) is 11.5 Å². The standard InChI is InChI=1S/C19H27N3O3.ClH/c1-24-15-11-17-16(18(12-15)25-2)10-14(22-17)4-3-7-21-19(23)13-5-8-20-9-6-13;/h10-13,20,22H,3-9H2,1-2H3,(H,21,23);1H. The fourth-order valence-corrected chi connectivity index (χ4v) is 3.38. The molecule has 0 unspecified atom stereocenters. The van der Waals surface area contributed by atoms with Crippen LogP contribution in [-0.4, -0.2) is 44.7 Å². The molecule has 1 amide bonds. The normalized spacial score (nSPS) is 14.7. The lowest BCUT2D eigenvalue weighted by Gasteiger charge is -2.21. The highest BCUT2D eigenvalue weighted by Crippen LogP contribution is 2.31. The van der Waals surface area contributed by atoms with Gasteiger partial charge in [0.15, 0.2) is 0 Å². The highest BCUT2D eigenvalue weighted by molar-refractivity contribution is 5.88. The van der Waals surface area contributed by atoms with E-state index < -0.39 is 0 Å². The Balaban J connectivity index is 0.00000243. The van der Waals surface area contributed by atoms with Gasteiger partial charge in [0.05, 0.1) is 19.7 Å². The smallest absolute Gasteiger partial charge is 0.223 e. The maximum absolute atomic E-state index is 12.1. The van der Waals surface area contributed by atoms with Gasteiger partial charge in [0.25, 0.3) is 0 Å². The molecule has 0 bridgehead atoms. The van der Waals surface area contributed by atoms with Crippen molar-refractivity contribution >= 4 is 29.2 Å². The summed E-state index contributed by atoms with van der Waals surface area (Å²) in [5, 5.41) is 7.41. The average Bonchev–Trinajstić information content (AvgIpc) is 3.07. The van der Waals surface area contributed by atoms with Gasteiger partial charge < -0.3 is 25.1 Å². The van der Waals surface area contributed by atoms with E-state index in [2.05, 4.69) is 21.7 Å². The van der Waals surface area contributed by atoms with Crippen LogP contribution < -0.4 is 20.1 Å². The minimum absolute atomic E-state index is 0. The summed E-state index contributed by atoms with van der Waals surface area (Å²) >= 11 is 0. The van der Waals surface area contributed by atoms with Crippen molar-refractivity contribution in [2.45, 2.75) is 25.7 Å². The van der Waals surface area contributed by atoms with Crippen LogP contribution in [0.1, 0.15) is 25.0 Å². The van der Waals surface area contributed by atoms with Crippen LogP contribution in [0.25, 0.3) is 10.9 Å². The molecule has 0 spiro atoms. The first-order valence-corrected chi connectivity index (χ1v) is 8.93. The summed E-state index contributed by atoms with van der Waals surface area (Å²) in [6.07, 6.45) is 3.67. The van der Waals surface area contributed by atoms with Crippen molar-refractivity contribution in [2.24, 2.45) is 5.92 Å². The van der Waals surface area contributed by atoms with Crippen molar-refractivity contribution in [1.82, 2.24) is 15.6 Å². The number of benzene rings is 1. The number of nitrogens with one attached hydrogen (secondary N) is 3. The number of hydrogen-bond donors (Lipinski definition) is 3. The molecule has 2 heterocycles. The number of carbonyl (C=O) groups is 1. The van der Waals surface area contributed by atoms with Gasteiger partial charge in [-0.05, 0) is 44.8 Å². The summed E-state index contributed by atoms with van der Waals surface area (Å²) in [4.78, 5) is 15.5. The Labute approximate surface area is 160 Å². The van der Waals surface area contributed by atoms with E-state index in [0.29, 0.717) is 6.54 Å². The van der Waals surface area contributed by atoms with Crippen LogP contribution in [-0.2, 0) is 11.2 Å². The molecule has 3 rings (SSSR count). The monoisotopic (exact) mass is 381 g/mol. The third-order valence-corrected chi connectivity index (χ3v) is 4.82. The third-order valence-electron chi connectivity index (χ3n) is 4.82. The number of amides is 1. The van der Waals surface area contributed by atoms with Crippen LogP contribution in [0.4, 0.5) is 0 Å². The number of ether oxygens (including phenoxy) is 2. The van der Waals surface area contributed by atoms with Crippen LogP contribution in [0.2, 0.25) is 0 Å². The first-order chi connectivity index (χ1) is 12.2. The van der Waals surface area contributed by atoms with E-state index in [-0.39, 0.29) is 24.2 Å². The molecular weight excluding hydrogens is 354 g/mol. The number of halogens is 1. The fourth-order valence-electron chi connectivity index (χ4n) is 3.38. The molecular formula is C19H28ClN3O3. The molecule has 144 valence electrons. The van der Waals surface area contributed by atoms with E-state index in [4.69, 9.17) is 9.47 Å². The predicted octanol–water partition coefficient (Wildman–Crippen LogP) is 2.66. The Bertz CT molecular complexity index is 726. The van der Waals surface area contributed by atoms with E-state index in [1.165, 1.54) is 0 Å². The van der Waals surface area contributed by atoms with Gasteiger partial charge in [-0.15, -0.1) is 12.4 Å². The topological polar surface area (TPSA) is 75.4 Å². The summed E-state index contributed by atoms with van der Waals surface area (Å²) < 4.78 is 10.8. The molecule has 1 aromatic heterocycles. The Hall–Kier alpha value is -1.92. The van der Waals surface area contributed by atoms with E-state index in [1.807, 2.05) is 12.1 Å². The summed E-state index contributed by atoms with van der Waals surface area (Å²) in [5.41, 5.74) is 2.14. The zero-order chi connectivity index (χ0) is 17.6. The molecule has 0 radical (unpaired) electrons. The first-order valence-electron chi connectivity index (χ1n) is 8.93. The van der Waals surface area contributed by atoms with E-state index in [9.17, 15) is 4.79 Å². The number of aryl methyl sites for hydroxylation is 1. The van der Waals surface area contributed by atoms with Gasteiger partial charge >= 0.3 is 0 Å². The largest absolute Gasteiger partial charge is 0.497 e. The molecule has 7 heteroatoms. The van der Waals surface area contributed by atoms with Crippen LogP contribution in [0.5, 0.6) is 11.5 Å². The van der Waals surface area contributed by atoms with E-state index in [0.717, 1.165) is 66.9 Å². The Kier molecular flexibility index (Phi) is 7.60. The van der Waals surface area contributed by atoms with Crippen molar-refractivity contribution in [3.8, 4) is 11.5 Å². The number of carbonyl (C=O) groups excluding carboxylic acids is 1. The molecule has 0 saturated carbocycles. The zero-order valence-electron chi connectivity index (χ0n) is 15.4. The Morgan fingerprint density at radius 1 is 1.19 bits per heavy atom. The summed E-state index contributed by atoms with van der Waals surface area (Å²) in [5.74, 6) is 1.94. The molecule has 0 aliphatic carbocycles. The maximum atomic E-state index is 12.1. The Morgan fingerprint density at radius 2 is 1.96 bits per heavy atom. The summed E-state index contributed by atoms with van der Waals surface area (Å²) in [7, 11) is 3.31. The zero-order valence-corrected chi connectivity index (χ0v) is 16.2. The molecule has 1 aliphatic heterocycles. The van der Waals surface area contributed by atoms with Crippen LogP contribution in [0, 0.1) is 5.92 Å².